The molecule has 0 atom stereocenters. The van der Waals surface area contributed by atoms with E-state index in [0.29, 0.717) is 5.92 Å². The Hall–Kier alpha value is -0.930. The number of nitrogens with zero attached hydrogens (tertiary/aromatic N) is 4. The van der Waals surface area contributed by atoms with E-state index >= 15 is 0 Å². The molecule has 0 spiro atoms. The van der Waals surface area contributed by atoms with Crippen LogP contribution in [0.3, 0.4) is 0 Å². The molecule has 0 amide bonds. The molecule has 82 valence electrons. The third-order valence-electron chi connectivity index (χ3n) is 1.55. The lowest BCUT2D eigenvalue weighted by Gasteiger charge is -2.15. The fraction of sp³-hybridized carbons (Fsp3) is 0.900. The first-order valence-electron chi connectivity index (χ1n) is 5.21. The molecule has 0 aliphatic rings. The van der Waals surface area contributed by atoms with Crippen LogP contribution in [0, 0.1) is 0 Å². The molecule has 0 aliphatic heterocycles. The summed E-state index contributed by atoms with van der Waals surface area (Å²) in [7, 11) is 0. The van der Waals surface area contributed by atoms with Gasteiger partial charge in [0.2, 0.25) is 0 Å². The van der Waals surface area contributed by atoms with Gasteiger partial charge in [-0.2, -0.15) is 4.80 Å². The quantitative estimate of drug-likeness (QED) is 0.696. The topological polar surface area (TPSA) is 43.6 Å². The summed E-state index contributed by atoms with van der Waals surface area (Å²) in [5, 5.41) is 12.2. The maximum Gasteiger partial charge on any atom is 0.177 e. The summed E-state index contributed by atoms with van der Waals surface area (Å²) in [6.45, 7) is 14.3. The zero-order valence-electron chi connectivity index (χ0n) is 10.4. The van der Waals surface area contributed by atoms with Gasteiger partial charge in [0.25, 0.3) is 0 Å². The summed E-state index contributed by atoms with van der Waals surface area (Å²) in [5.41, 5.74) is -0.0693. The van der Waals surface area contributed by atoms with Gasteiger partial charge in [-0.05, 0) is 26.0 Å². The molecule has 0 N–H and O–H groups in total. The van der Waals surface area contributed by atoms with E-state index in [4.69, 9.17) is 0 Å². The number of tetrazole rings is 1. The minimum absolute atomic E-state index is 0.0693. The van der Waals surface area contributed by atoms with Crippen molar-refractivity contribution in [2.75, 3.05) is 0 Å². The highest BCUT2D eigenvalue weighted by atomic mass is 15.6. The molecule has 0 saturated heterocycles. The highest BCUT2D eigenvalue weighted by molar-refractivity contribution is 4.85. The summed E-state index contributed by atoms with van der Waals surface area (Å²) < 4.78 is 0. The molecular weight excluding hydrogens is 176 g/mol. The summed E-state index contributed by atoms with van der Waals surface area (Å²) in [6.07, 6.45) is 0. The van der Waals surface area contributed by atoms with Crippen molar-refractivity contribution in [3.8, 4) is 0 Å². The highest BCUT2D eigenvalue weighted by Gasteiger charge is 2.17. The number of hydrogen-bond acceptors (Lipinski definition) is 3. The second-order valence-corrected chi connectivity index (χ2v) is 4.26. The van der Waals surface area contributed by atoms with Crippen molar-refractivity contribution in [1.82, 2.24) is 20.2 Å². The molecule has 0 radical (unpaired) electrons. The van der Waals surface area contributed by atoms with Crippen molar-refractivity contribution in [2.45, 2.75) is 59.9 Å². The third kappa shape index (κ3) is 3.44. The maximum absolute atomic E-state index is 4.28. The second kappa shape index (κ2) is 5.08. The van der Waals surface area contributed by atoms with Crippen LogP contribution in [-0.4, -0.2) is 20.2 Å². The van der Waals surface area contributed by atoms with Gasteiger partial charge in [-0.25, -0.2) is 0 Å². The van der Waals surface area contributed by atoms with Crippen LogP contribution in [0.15, 0.2) is 0 Å². The molecule has 1 aromatic rings. The van der Waals surface area contributed by atoms with Crippen LogP contribution in [0.25, 0.3) is 0 Å². The fourth-order valence-corrected chi connectivity index (χ4v) is 0.740. The minimum Gasteiger partial charge on any atom is -0.159 e. The molecule has 1 rings (SSSR count). The first kappa shape index (κ1) is 13.1. The molecule has 0 fully saturated rings. The lowest BCUT2D eigenvalue weighted by molar-refractivity contribution is 0.305. The summed E-state index contributed by atoms with van der Waals surface area (Å²) in [5.74, 6) is 1.16. The Kier molecular flexibility index (Phi) is 4.74. The second-order valence-electron chi connectivity index (χ2n) is 4.26. The van der Waals surface area contributed by atoms with Gasteiger partial charge in [0.05, 0.1) is 5.54 Å². The lowest BCUT2D eigenvalue weighted by Crippen LogP contribution is -2.24. The van der Waals surface area contributed by atoms with E-state index in [0.717, 1.165) is 5.82 Å². The van der Waals surface area contributed by atoms with Crippen LogP contribution in [-0.2, 0) is 5.54 Å². The number of aromatic nitrogens is 4. The fourth-order valence-electron chi connectivity index (χ4n) is 0.740. The van der Waals surface area contributed by atoms with Gasteiger partial charge < -0.3 is 0 Å². The van der Waals surface area contributed by atoms with Crippen molar-refractivity contribution in [1.29, 1.82) is 0 Å². The van der Waals surface area contributed by atoms with Crippen LogP contribution >= 0.6 is 0 Å². The molecule has 0 saturated carbocycles. The van der Waals surface area contributed by atoms with Crippen LogP contribution in [0.1, 0.15) is 60.2 Å². The first-order valence-corrected chi connectivity index (χ1v) is 5.21. The Balaban J connectivity index is 0.000000791. The molecule has 0 unspecified atom stereocenters. The average molecular weight is 198 g/mol. The van der Waals surface area contributed by atoms with E-state index in [1.807, 2.05) is 13.8 Å². The van der Waals surface area contributed by atoms with Crippen LogP contribution in [0.5, 0.6) is 0 Å². The Morgan fingerprint density at radius 3 is 1.86 bits per heavy atom. The summed E-state index contributed by atoms with van der Waals surface area (Å²) in [6, 6.07) is 0. The SMILES string of the molecule is CC.CC(C)c1nnn(C(C)(C)C)n1. The molecule has 1 aromatic heterocycles. The molecule has 4 heteroatoms. The molecule has 0 aromatic carbocycles. The standard InChI is InChI=1S/C8H16N4.C2H6/c1-6(2)7-9-11-12(10-7)8(3,4)5;1-2/h6H,1-5H3;1-2H3. The molecule has 0 bridgehead atoms. The van der Waals surface area contributed by atoms with E-state index in [9.17, 15) is 0 Å². The smallest absolute Gasteiger partial charge is 0.159 e. The van der Waals surface area contributed by atoms with Crippen molar-refractivity contribution in [2.24, 2.45) is 0 Å². The van der Waals surface area contributed by atoms with Gasteiger partial charge in [-0.1, -0.05) is 27.7 Å². The van der Waals surface area contributed by atoms with Crippen LogP contribution in [0.2, 0.25) is 0 Å². The highest BCUT2D eigenvalue weighted by Crippen LogP contribution is 2.12. The van der Waals surface area contributed by atoms with Crippen molar-refractivity contribution < 1.29 is 0 Å². The van der Waals surface area contributed by atoms with E-state index in [1.165, 1.54) is 0 Å². The van der Waals surface area contributed by atoms with E-state index in [-0.39, 0.29) is 5.54 Å². The van der Waals surface area contributed by atoms with Crippen molar-refractivity contribution in [3.05, 3.63) is 5.82 Å². The maximum atomic E-state index is 4.28. The zero-order valence-corrected chi connectivity index (χ0v) is 10.4. The van der Waals surface area contributed by atoms with Gasteiger partial charge in [0, 0.05) is 5.92 Å². The molecule has 14 heavy (non-hydrogen) atoms. The van der Waals surface area contributed by atoms with Gasteiger partial charge >= 0.3 is 0 Å². The van der Waals surface area contributed by atoms with Crippen molar-refractivity contribution in [3.63, 3.8) is 0 Å². The van der Waals surface area contributed by atoms with Crippen LogP contribution < -0.4 is 0 Å². The normalized spacial score (nSPS) is 11.1. The molecule has 4 nitrogen and oxygen atoms in total. The van der Waals surface area contributed by atoms with E-state index < -0.39 is 0 Å². The number of rotatable bonds is 1. The minimum atomic E-state index is -0.0693. The number of hydrogen-bond donors (Lipinski definition) is 0. The Morgan fingerprint density at radius 1 is 1.14 bits per heavy atom. The van der Waals surface area contributed by atoms with E-state index in [2.05, 4.69) is 50.0 Å². The third-order valence-corrected chi connectivity index (χ3v) is 1.55. The predicted molar refractivity (Wildman–Crippen MR) is 58.3 cm³/mol. The van der Waals surface area contributed by atoms with Gasteiger partial charge in [0.1, 0.15) is 0 Å². The molecule has 1 heterocycles. The van der Waals surface area contributed by atoms with Crippen molar-refractivity contribution >= 4 is 0 Å². The van der Waals surface area contributed by atoms with Gasteiger partial charge in [0.15, 0.2) is 5.82 Å². The summed E-state index contributed by atoms with van der Waals surface area (Å²) >= 11 is 0. The monoisotopic (exact) mass is 198 g/mol. The summed E-state index contributed by atoms with van der Waals surface area (Å²) in [4.78, 5) is 1.66. The zero-order chi connectivity index (χ0) is 11.4. The largest absolute Gasteiger partial charge is 0.177 e. The first-order chi connectivity index (χ1) is 6.41. The lowest BCUT2D eigenvalue weighted by atomic mass is 10.1. The molecule has 0 aliphatic carbocycles. The van der Waals surface area contributed by atoms with Crippen LogP contribution in [0.4, 0.5) is 0 Å². The Bertz CT molecular complexity index is 257. The van der Waals surface area contributed by atoms with Gasteiger partial charge in [-0.3, -0.25) is 0 Å². The Morgan fingerprint density at radius 2 is 1.64 bits per heavy atom. The Labute approximate surface area is 86.7 Å². The van der Waals surface area contributed by atoms with E-state index in [1.54, 1.807) is 4.80 Å². The van der Waals surface area contributed by atoms with Gasteiger partial charge in [-0.15, -0.1) is 10.2 Å². The molecular formula is C10H22N4. The predicted octanol–water partition coefficient (Wildman–Crippen LogP) is 2.58. The average Bonchev–Trinajstić information content (AvgIpc) is 2.54.